The Kier molecular flexibility index (Phi) is 4.26. The first-order chi connectivity index (χ1) is 9.54. The molecule has 0 fully saturated rings. The summed E-state index contributed by atoms with van der Waals surface area (Å²) in [7, 11) is 0. The van der Waals surface area contributed by atoms with Crippen LogP contribution in [0.15, 0.2) is 47.1 Å². The second kappa shape index (κ2) is 6.11. The summed E-state index contributed by atoms with van der Waals surface area (Å²) >= 11 is 3.26. The zero-order chi connectivity index (χ0) is 14.5. The van der Waals surface area contributed by atoms with Crippen molar-refractivity contribution in [3.8, 4) is 0 Å². The minimum absolute atomic E-state index is 0.0374. The van der Waals surface area contributed by atoms with E-state index in [1.54, 1.807) is 18.3 Å². The molecule has 0 radical (unpaired) electrons. The average molecular weight is 337 g/mol. The number of anilines is 2. The first kappa shape index (κ1) is 13.9. The summed E-state index contributed by atoms with van der Waals surface area (Å²) in [4.78, 5) is 25.7. The third-order valence-electron chi connectivity index (χ3n) is 2.30. The molecular weight excluding hydrogens is 328 g/mol. The summed E-state index contributed by atoms with van der Waals surface area (Å²) in [6.07, 6.45) is 1.55. The molecule has 2 rings (SSSR count). The molecule has 102 valence electrons. The molecule has 2 aromatic rings. The van der Waals surface area contributed by atoms with Gasteiger partial charge in [-0.3, -0.25) is 15.4 Å². The number of nitrogens with one attached hydrogen (secondary N) is 2. The maximum absolute atomic E-state index is 11.7. The highest BCUT2D eigenvalue weighted by molar-refractivity contribution is 9.10. The van der Waals surface area contributed by atoms with Gasteiger partial charge in [0.25, 0.3) is 5.69 Å². The van der Waals surface area contributed by atoms with Crippen molar-refractivity contribution >= 4 is 39.2 Å². The van der Waals surface area contributed by atoms with Gasteiger partial charge in [0.05, 0.1) is 4.92 Å². The molecule has 7 nitrogen and oxygen atoms in total. The van der Waals surface area contributed by atoms with Crippen molar-refractivity contribution in [2.75, 3.05) is 10.6 Å². The van der Waals surface area contributed by atoms with E-state index in [1.807, 2.05) is 0 Å². The molecule has 1 heterocycles. The molecule has 0 aliphatic rings. The molecule has 0 spiro atoms. The van der Waals surface area contributed by atoms with Gasteiger partial charge in [0.1, 0.15) is 5.82 Å². The van der Waals surface area contributed by atoms with Gasteiger partial charge in [-0.2, -0.15) is 0 Å². The number of pyridine rings is 1. The summed E-state index contributed by atoms with van der Waals surface area (Å²) < 4.78 is 0.790. The Morgan fingerprint density at radius 2 is 1.90 bits per heavy atom. The largest absolute Gasteiger partial charge is 0.324 e. The number of nitrogens with zero attached hydrogens (tertiary/aromatic N) is 2. The van der Waals surface area contributed by atoms with E-state index >= 15 is 0 Å². The SMILES string of the molecule is O=C(Nc1ccc([N+](=O)[O-])cc1)Nc1cc(Br)ccn1. The number of non-ortho nitro benzene ring substituents is 1. The molecular formula is C12H9BrN4O3. The molecule has 2 amide bonds. The van der Waals surface area contributed by atoms with Crippen molar-refractivity contribution in [2.45, 2.75) is 0 Å². The maximum atomic E-state index is 11.7. The highest BCUT2D eigenvalue weighted by Gasteiger charge is 2.07. The van der Waals surface area contributed by atoms with Crippen LogP contribution in [0.2, 0.25) is 0 Å². The summed E-state index contributed by atoms with van der Waals surface area (Å²) in [6.45, 7) is 0. The number of benzene rings is 1. The Hall–Kier alpha value is -2.48. The van der Waals surface area contributed by atoms with Crippen LogP contribution >= 0.6 is 15.9 Å². The first-order valence-electron chi connectivity index (χ1n) is 5.48. The van der Waals surface area contributed by atoms with E-state index in [2.05, 4.69) is 31.5 Å². The first-order valence-corrected chi connectivity index (χ1v) is 6.28. The third-order valence-corrected chi connectivity index (χ3v) is 2.79. The van der Waals surface area contributed by atoms with E-state index in [1.165, 1.54) is 24.3 Å². The number of carbonyl (C=O) groups is 1. The van der Waals surface area contributed by atoms with Crippen molar-refractivity contribution in [1.29, 1.82) is 0 Å². The van der Waals surface area contributed by atoms with Crippen molar-refractivity contribution < 1.29 is 9.72 Å². The zero-order valence-corrected chi connectivity index (χ0v) is 11.6. The minimum atomic E-state index is -0.505. The normalized spacial score (nSPS) is 9.85. The molecule has 8 heteroatoms. The minimum Gasteiger partial charge on any atom is -0.308 e. The second-order valence-corrected chi connectivity index (χ2v) is 4.66. The molecule has 20 heavy (non-hydrogen) atoms. The molecule has 0 saturated carbocycles. The molecule has 0 bridgehead atoms. The van der Waals surface area contributed by atoms with Crippen LogP contribution in [0.1, 0.15) is 0 Å². The lowest BCUT2D eigenvalue weighted by atomic mass is 10.3. The van der Waals surface area contributed by atoms with Gasteiger partial charge in [-0.15, -0.1) is 0 Å². The van der Waals surface area contributed by atoms with E-state index in [-0.39, 0.29) is 5.69 Å². The van der Waals surface area contributed by atoms with Crippen molar-refractivity contribution in [2.24, 2.45) is 0 Å². The summed E-state index contributed by atoms with van der Waals surface area (Å²) in [5.41, 5.74) is 0.410. The Balaban J connectivity index is 1.99. The molecule has 1 aromatic carbocycles. The summed E-state index contributed by atoms with van der Waals surface area (Å²) in [5.74, 6) is 0.388. The van der Waals surface area contributed by atoms with Gasteiger partial charge in [0, 0.05) is 28.5 Å². The fourth-order valence-corrected chi connectivity index (χ4v) is 1.75. The summed E-state index contributed by atoms with van der Waals surface area (Å²) in [6, 6.07) is 8.43. The quantitative estimate of drug-likeness (QED) is 0.663. The lowest BCUT2D eigenvalue weighted by Crippen LogP contribution is -2.19. The second-order valence-electron chi connectivity index (χ2n) is 3.74. The van der Waals surface area contributed by atoms with Crippen LogP contribution in [0.5, 0.6) is 0 Å². The van der Waals surface area contributed by atoms with Gasteiger partial charge in [-0.05, 0) is 24.3 Å². The fraction of sp³-hybridized carbons (Fsp3) is 0. The standard InChI is InChI=1S/C12H9BrN4O3/c13-8-5-6-14-11(7-8)16-12(18)15-9-1-3-10(4-2-9)17(19)20/h1-7H,(H2,14,15,16,18). The Morgan fingerprint density at radius 3 is 2.50 bits per heavy atom. The monoisotopic (exact) mass is 336 g/mol. The van der Waals surface area contributed by atoms with Gasteiger partial charge < -0.3 is 5.32 Å². The highest BCUT2D eigenvalue weighted by atomic mass is 79.9. The van der Waals surface area contributed by atoms with Gasteiger partial charge in [0.15, 0.2) is 0 Å². The predicted molar refractivity (Wildman–Crippen MR) is 77.7 cm³/mol. The number of halogens is 1. The predicted octanol–water partition coefficient (Wildman–Crippen LogP) is 3.40. The van der Waals surface area contributed by atoms with E-state index in [0.717, 1.165) is 4.47 Å². The highest BCUT2D eigenvalue weighted by Crippen LogP contribution is 2.16. The van der Waals surface area contributed by atoms with Crippen molar-refractivity contribution in [1.82, 2.24) is 4.98 Å². The molecule has 0 aliphatic heterocycles. The van der Waals surface area contributed by atoms with Crippen LogP contribution in [-0.2, 0) is 0 Å². The van der Waals surface area contributed by atoms with E-state index in [4.69, 9.17) is 0 Å². The number of urea groups is 1. The van der Waals surface area contributed by atoms with Gasteiger partial charge in [-0.1, -0.05) is 15.9 Å². The van der Waals surface area contributed by atoms with Gasteiger partial charge in [-0.25, -0.2) is 9.78 Å². The van der Waals surface area contributed by atoms with Crippen LogP contribution in [0.25, 0.3) is 0 Å². The number of nitro benzene ring substituents is 1. The van der Waals surface area contributed by atoms with E-state index in [9.17, 15) is 14.9 Å². The Bertz CT molecular complexity index is 645. The van der Waals surface area contributed by atoms with Crippen LogP contribution in [0.3, 0.4) is 0 Å². The number of amides is 2. The van der Waals surface area contributed by atoms with E-state index < -0.39 is 11.0 Å². The number of aromatic nitrogens is 1. The van der Waals surface area contributed by atoms with Crippen LogP contribution in [0.4, 0.5) is 22.0 Å². The Labute approximate surface area is 122 Å². The average Bonchev–Trinajstić information content (AvgIpc) is 2.39. The number of carbonyl (C=O) groups excluding carboxylic acids is 1. The van der Waals surface area contributed by atoms with Gasteiger partial charge >= 0.3 is 6.03 Å². The van der Waals surface area contributed by atoms with Crippen molar-refractivity contribution in [3.63, 3.8) is 0 Å². The molecule has 0 saturated heterocycles. The number of hydrogen-bond acceptors (Lipinski definition) is 4. The number of hydrogen-bond donors (Lipinski definition) is 2. The van der Waals surface area contributed by atoms with Crippen LogP contribution in [-0.4, -0.2) is 15.9 Å². The van der Waals surface area contributed by atoms with Crippen LogP contribution < -0.4 is 10.6 Å². The molecule has 0 unspecified atom stereocenters. The number of nitro groups is 1. The third kappa shape index (κ3) is 3.75. The maximum Gasteiger partial charge on any atom is 0.324 e. The lowest BCUT2D eigenvalue weighted by Gasteiger charge is -2.06. The topological polar surface area (TPSA) is 97.2 Å². The zero-order valence-electron chi connectivity index (χ0n) is 10.0. The molecule has 0 aliphatic carbocycles. The Morgan fingerprint density at radius 1 is 1.20 bits per heavy atom. The fourth-order valence-electron chi connectivity index (χ4n) is 1.42. The summed E-state index contributed by atoms with van der Waals surface area (Å²) in [5, 5.41) is 15.6. The molecule has 0 atom stereocenters. The lowest BCUT2D eigenvalue weighted by molar-refractivity contribution is -0.384. The van der Waals surface area contributed by atoms with Gasteiger partial charge in [0.2, 0.25) is 0 Å². The number of rotatable bonds is 3. The molecule has 2 N–H and O–H groups in total. The van der Waals surface area contributed by atoms with E-state index in [0.29, 0.717) is 11.5 Å². The smallest absolute Gasteiger partial charge is 0.308 e. The van der Waals surface area contributed by atoms with Crippen molar-refractivity contribution in [3.05, 3.63) is 57.2 Å². The molecule has 1 aromatic heterocycles. The van der Waals surface area contributed by atoms with Crippen LogP contribution in [0, 0.1) is 10.1 Å².